The normalized spacial score (nSPS) is 12.6. The molecule has 0 aliphatic rings. The van der Waals surface area contributed by atoms with Crippen LogP contribution in [0.2, 0.25) is 5.02 Å². The molecule has 1 atom stereocenters. The molecular weight excluding hydrogens is 376 g/mol. The van der Waals surface area contributed by atoms with E-state index in [9.17, 15) is 0 Å². The van der Waals surface area contributed by atoms with Gasteiger partial charge in [0, 0.05) is 17.5 Å². The molecule has 0 aliphatic carbocycles. The first-order valence-corrected chi connectivity index (χ1v) is 10.7. The van der Waals surface area contributed by atoms with Gasteiger partial charge in [0.15, 0.2) is 0 Å². The molecule has 0 aliphatic heterocycles. The van der Waals surface area contributed by atoms with Crippen molar-refractivity contribution >= 4 is 22.6 Å². The number of benzene rings is 3. The van der Waals surface area contributed by atoms with Crippen molar-refractivity contribution < 1.29 is 0 Å². The lowest BCUT2D eigenvalue weighted by Gasteiger charge is -2.16. The SMILES string of the molecule is CC(C)Cc1ccc([C@H](C)c2nc3ccccc3n2Cc2ccc(Cl)cc2)cc1. The monoisotopic (exact) mass is 402 g/mol. The Kier molecular flexibility index (Phi) is 5.73. The first-order valence-electron chi connectivity index (χ1n) is 10.3. The molecule has 0 spiro atoms. The van der Waals surface area contributed by atoms with Crippen LogP contribution in [-0.4, -0.2) is 9.55 Å². The van der Waals surface area contributed by atoms with Crippen LogP contribution in [0.4, 0.5) is 0 Å². The number of fused-ring (bicyclic) bond motifs is 1. The average molecular weight is 403 g/mol. The number of halogens is 1. The van der Waals surface area contributed by atoms with Crippen molar-refractivity contribution in [2.45, 2.75) is 39.7 Å². The molecule has 0 bridgehead atoms. The highest BCUT2D eigenvalue weighted by Gasteiger charge is 2.18. The molecule has 0 radical (unpaired) electrons. The van der Waals surface area contributed by atoms with Gasteiger partial charge in [-0.2, -0.15) is 0 Å². The number of rotatable bonds is 6. The van der Waals surface area contributed by atoms with E-state index in [1.807, 2.05) is 12.1 Å². The van der Waals surface area contributed by atoms with Crippen LogP contribution in [0, 0.1) is 5.92 Å². The topological polar surface area (TPSA) is 17.8 Å². The summed E-state index contributed by atoms with van der Waals surface area (Å²) in [6.07, 6.45) is 1.11. The summed E-state index contributed by atoms with van der Waals surface area (Å²) in [5.74, 6) is 1.97. The summed E-state index contributed by atoms with van der Waals surface area (Å²) in [6, 6.07) is 25.5. The van der Waals surface area contributed by atoms with Crippen LogP contribution in [0.3, 0.4) is 0 Å². The minimum Gasteiger partial charge on any atom is -0.323 e. The molecule has 0 saturated heterocycles. The maximum absolute atomic E-state index is 6.08. The van der Waals surface area contributed by atoms with E-state index in [2.05, 4.69) is 86.0 Å². The molecule has 0 fully saturated rings. The summed E-state index contributed by atoms with van der Waals surface area (Å²) in [5.41, 5.74) is 6.12. The summed E-state index contributed by atoms with van der Waals surface area (Å²) in [5, 5.41) is 0.763. The van der Waals surface area contributed by atoms with Crippen LogP contribution in [0.15, 0.2) is 72.8 Å². The summed E-state index contributed by atoms with van der Waals surface area (Å²) in [7, 11) is 0. The van der Waals surface area contributed by atoms with E-state index in [1.165, 1.54) is 22.2 Å². The molecule has 0 saturated carbocycles. The lowest BCUT2D eigenvalue weighted by molar-refractivity contribution is 0.646. The third kappa shape index (κ3) is 4.38. The van der Waals surface area contributed by atoms with Crippen LogP contribution in [-0.2, 0) is 13.0 Å². The van der Waals surface area contributed by atoms with Gasteiger partial charge >= 0.3 is 0 Å². The summed E-state index contributed by atoms with van der Waals surface area (Å²) in [4.78, 5) is 5.01. The van der Waals surface area contributed by atoms with E-state index < -0.39 is 0 Å². The fourth-order valence-corrected chi connectivity index (χ4v) is 4.05. The molecule has 29 heavy (non-hydrogen) atoms. The first-order chi connectivity index (χ1) is 14.0. The Balaban J connectivity index is 1.71. The van der Waals surface area contributed by atoms with Crippen molar-refractivity contribution in [1.29, 1.82) is 0 Å². The third-order valence-corrected chi connectivity index (χ3v) is 5.70. The van der Waals surface area contributed by atoms with Crippen LogP contribution in [0.25, 0.3) is 11.0 Å². The molecule has 4 aromatic rings. The number of aromatic nitrogens is 2. The zero-order valence-corrected chi connectivity index (χ0v) is 18.0. The molecule has 0 amide bonds. The van der Waals surface area contributed by atoms with Crippen LogP contribution < -0.4 is 0 Å². The number of hydrogen-bond donors (Lipinski definition) is 0. The number of imidazole rings is 1. The van der Waals surface area contributed by atoms with Crippen LogP contribution in [0.5, 0.6) is 0 Å². The zero-order valence-electron chi connectivity index (χ0n) is 17.3. The Morgan fingerprint density at radius 3 is 2.17 bits per heavy atom. The van der Waals surface area contributed by atoms with Crippen molar-refractivity contribution in [1.82, 2.24) is 9.55 Å². The fraction of sp³-hybridized carbons (Fsp3) is 0.269. The molecule has 3 heteroatoms. The van der Waals surface area contributed by atoms with Gasteiger partial charge in [0.05, 0.1) is 11.0 Å². The molecule has 4 rings (SSSR count). The second kappa shape index (κ2) is 8.42. The number of hydrogen-bond acceptors (Lipinski definition) is 1. The van der Waals surface area contributed by atoms with Gasteiger partial charge in [-0.05, 0) is 53.3 Å². The Bertz CT molecular complexity index is 1090. The van der Waals surface area contributed by atoms with E-state index in [1.54, 1.807) is 0 Å². The van der Waals surface area contributed by atoms with Gasteiger partial charge in [-0.15, -0.1) is 0 Å². The zero-order chi connectivity index (χ0) is 20.4. The van der Waals surface area contributed by atoms with Crippen molar-refractivity contribution in [2.24, 2.45) is 5.92 Å². The highest BCUT2D eigenvalue weighted by Crippen LogP contribution is 2.29. The number of para-hydroxylation sites is 2. The molecule has 148 valence electrons. The Hall–Kier alpha value is -2.58. The lowest BCUT2D eigenvalue weighted by Crippen LogP contribution is -2.09. The fourth-order valence-electron chi connectivity index (χ4n) is 3.93. The smallest absolute Gasteiger partial charge is 0.117 e. The number of nitrogens with zero attached hydrogens (tertiary/aromatic N) is 2. The second-order valence-electron chi connectivity index (χ2n) is 8.23. The van der Waals surface area contributed by atoms with Crippen LogP contribution in [0.1, 0.15) is 49.2 Å². The predicted octanol–water partition coefficient (Wildman–Crippen LogP) is 7.09. The van der Waals surface area contributed by atoms with E-state index in [-0.39, 0.29) is 5.92 Å². The van der Waals surface area contributed by atoms with Gasteiger partial charge in [-0.3, -0.25) is 0 Å². The minimum absolute atomic E-state index is 0.211. The molecule has 0 N–H and O–H groups in total. The summed E-state index contributed by atoms with van der Waals surface area (Å²) in [6.45, 7) is 7.55. The highest BCUT2D eigenvalue weighted by atomic mass is 35.5. The maximum atomic E-state index is 6.08. The molecule has 0 unspecified atom stereocenters. The van der Waals surface area contributed by atoms with E-state index in [0.29, 0.717) is 5.92 Å². The van der Waals surface area contributed by atoms with Crippen molar-refractivity contribution in [3.8, 4) is 0 Å². The van der Waals surface area contributed by atoms with E-state index >= 15 is 0 Å². The lowest BCUT2D eigenvalue weighted by atomic mass is 9.96. The highest BCUT2D eigenvalue weighted by molar-refractivity contribution is 6.30. The second-order valence-corrected chi connectivity index (χ2v) is 8.67. The summed E-state index contributed by atoms with van der Waals surface area (Å²) < 4.78 is 2.34. The Morgan fingerprint density at radius 2 is 1.48 bits per heavy atom. The molecule has 1 aromatic heterocycles. The maximum Gasteiger partial charge on any atom is 0.117 e. The average Bonchev–Trinajstić information content (AvgIpc) is 3.08. The van der Waals surface area contributed by atoms with Crippen molar-refractivity contribution in [3.05, 3.63) is 100 Å². The largest absolute Gasteiger partial charge is 0.323 e. The molecule has 1 heterocycles. The quantitative estimate of drug-likeness (QED) is 0.336. The van der Waals surface area contributed by atoms with Crippen LogP contribution >= 0.6 is 11.6 Å². The third-order valence-electron chi connectivity index (χ3n) is 5.45. The Morgan fingerprint density at radius 1 is 0.828 bits per heavy atom. The predicted molar refractivity (Wildman–Crippen MR) is 123 cm³/mol. The van der Waals surface area contributed by atoms with Gasteiger partial charge in [0.25, 0.3) is 0 Å². The minimum atomic E-state index is 0.211. The molecule has 2 nitrogen and oxygen atoms in total. The standard InChI is InChI=1S/C26H27ClN2/c1-18(2)16-20-8-12-22(13-9-20)19(3)26-28-24-6-4-5-7-25(24)29(26)17-21-10-14-23(27)15-11-21/h4-15,18-19H,16-17H2,1-3H3/t19-/m0/s1. The Labute approximate surface area is 178 Å². The van der Waals surface area contributed by atoms with Gasteiger partial charge < -0.3 is 4.57 Å². The van der Waals surface area contributed by atoms with Gasteiger partial charge in [-0.1, -0.05) is 80.9 Å². The van der Waals surface area contributed by atoms with Crippen molar-refractivity contribution in [2.75, 3.05) is 0 Å². The van der Waals surface area contributed by atoms with E-state index in [4.69, 9.17) is 16.6 Å². The molecular formula is C26H27ClN2. The molecule has 3 aromatic carbocycles. The van der Waals surface area contributed by atoms with Gasteiger partial charge in [0.2, 0.25) is 0 Å². The van der Waals surface area contributed by atoms with Gasteiger partial charge in [0.1, 0.15) is 5.82 Å². The van der Waals surface area contributed by atoms with E-state index in [0.717, 1.165) is 29.3 Å². The van der Waals surface area contributed by atoms with Gasteiger partial charge in [-0.25, -0.2) is 4.98 Å². The first kappa shape index (κ1) is 19.7. The van der Waals surface area contributed by atoms with Crippen molar-refractivity contribution in [3.63, 3.8) is 0 Å². The summed E-state index contributed by atoms with van der Waals surface area (Å²) >= 11 is 6.08.